The van der Waals surface area contributed by atoms with Gasteiger partial charge >= 0.3 is 0 Å². The summed E-state index contributed by atoms with van der Waals surface area (Å²) in [5, 5.41) is 6.35. The minimum absolute atomic E-state index is 0.296. The van der Waals surface area contributed by atoms with E-state index in [0.29, 0.717) is 11.7 Å². The molecule has 0 aliphatic carbocycles. The van der Waals surface area contributed by atoms with Crippen LogP contribution < -0.4 is 16.4 Å². The zero-order valence-electron chi connectivity index (χ0n) is 7.18. The van der Waals surface area contributed by atoms with Gasteiger partial charge in [0.2, 0.25) is 0 Å². The minimum atomic E-state index is -0.296. The average molecular weight is 181 g/mol. The largest absolute Gasteiger partial charge is 0.397 e. The molecule has 0 saturated carbocycles. The molecule has 0 unspecified atom stereocenters. The summed E-state index contributed by atoms with van der Waals surface area (Å²) in [7, 11) is 0. The summed E-state index contributed by atoms with van der Waals surface area (Å²) < 4.78 is 12.7. The number of benzene rings is 1. The lowest BCUT2D eigenvalue weighted by Crippen LogP contribution is -2.51. The molecule has 0 atom stereocenters. The second kappa shape index (κ2) is 3.22. The molecular weight excluding hydrogens is 169 g/mol. The van der Waals surface area contributed by atoms with Crippen LogP contribution in [0.25, 0.3) is 0 Å². The van der Waals surface area contributed by atoms with E-state index in [-0.39, 0.29) is 5.82 Å². The van der Waals surface area contributed by atoms with Gasteiger partial charge in [0.05, 0.1) is 17.4 Å². The van der Waals surface area contributed by atoms with Gasteiger partial charge in [-0.1, -0.05) is 0 Å². The monoisotopic (exact) mass is 181 g/mol. The Morgan fingerprint density at radius 2 is 2.23 bits per heavy atom. The van der Waals surface area contributed by atoms with Crippen molar-refractivity contribution in [3.8, 4) is 0 Å². The van der Waals surface area contributed by atoms with Gasteiger partial charge in [-0.3, -0.25) is 0 Å². The van der Waals surface area contributed by atoms with E-state index >= 15 is 0 Å². The van der Waals surface area contributed by atoms with Crippen molar-refractivity contribution >= 4 is 11.4 Å². The van der Waals surface area contributed by atoms with E-state index in [1.807, 2.05) is 0 Å². The van der Waals surface area contributed by atoms with Crippen LogP contribution in [0.5, 0.6) is 0 Å². The zero-order valence-corrected chi connectivity index (χ0v) is 7.18. The zero-order chi connectivity index (χ0) is 9.26. The summed E-state index contributed by atoms with van der Waals surface area (Å²) in [4.78, 5) is 0. The molecule has 1 aliphatic rings. The fourth-order valence-electron chi connectivity index (χ4n) is 1.28. The van der Waals surface area contributed by atoms with Crippen LogP contribution in [0, 0.1) is 5.82 Å². The molecule has 1 aromatic rings. The summed E-state index contributed by atoms with van der Waals surface area (Å²) >= 11 is 0. The number of halogens is 1. The molecule has 1 saturated heterocycles. The number of nitrogen functional groups attached to an aromatic ring is 1. The van der Waals surface area contributed by atoms with E-state index in [1.54, 1.807) is 6.07 Å². The Balaban J connectivity index is 2.10. The van der Waals surface area contributed by atoms with Crippen LogP contribution in [0.3, 0.4) is 0 Å². The van der Waals surface area contributed by atoms with Crippen molar-refractivity contribution in [3.05, 3.63) is 24.0 Å². The van der Waals surface area contributed by atoms with E-state index in [1.165, 1.54) is 12.1 Å². The number of anilines is 2. The molecule has 1 aliphatic heterocycles. The Morgan fingerprint density at radius 1 is 1.46 bits per heavy atom. The SMILES string of the molecule is Nc1cc(F)ccc1NC1CNC1. The smallest absolute Gasteiger partial charge is 0.125 e. The number of nitrogens with two attached hydrogens (primary N) is 1. The maximum absolute atomic E-state index is 12.7. The molecule has 0 bridgehead atoms. The van der Waals surface area contributed by atoms with E-state index in [2.05, 4.69) is 10.6 Å². The van der Waals surface area contributed by atoms with Crippen LogP contribution in [0.2, 0.25) is 0 Å². The van der Waals surface area contributed by atoms with E-state index in [9.17, 15) is 4.39 Å². The van der Waals surface area contributed by atoms with Gasteiger partial charge in [-0.25, -0.2) is 4.39 Å². The third kappa shape index (κ3) is 1.72. The Morgan fingerprint density at radius 3 is 2.77 bits per heavy atom. The first-order valence-electron chi connectivity index (χ1n) is 4.28. The normalized spacial score (nSPS) is 16.7. The van der Waals surface area contributed by atoms with Crippen molar-refractivity contribution in [1.29, 1.82) is 0 Å². The van der Waals surface area contributed by atoms with Crippen LogP contribution in [0.4, 0.5) is 15.8 Å². The molecule has 0 radical (unpaired) electrons. The van der Waals surface area contributed by atoms with Crippen LogP contribution in [-0.2, 0) is 0 Å². The van der Waals surface area contributed by atoms with Gasteiger partial charge in [-0.2, -0.15) is 0 Å². The maximum atomic E-state index is 12.7. The molecule has 1 heterocycles. The van der Waals surface area contributed by atoms with Gasteiger partial charge in [0.25, 0.3) is 0 Å². The van der Waals surface area contributed by atoms with Gasteiger partial charge in [0, 0.05) is 13.1 Å². The molecule has 2 rings (SSSR count). The van der Waals surface area contributed by atoms with Crippen molar-refractivity contribution in [1.82, 2.24) is 5.32 Å². The summed E-state index contributed by atoms with van der Waals surface area (Å²) in [5.74, 6) is -0.296. The average Bonchev–Trinajstić information content (AvgIpc) is 1.99. The van der Waals surface area contributed by atoms with Crippen LogP contribution in [-0.4, -0.2) is 19.1 Å². The third-order valence-electron chi connectivity index (χ3n) is 2.15. The standard InChI is InChI=1S/C9H12FN3/c10-6-1-2-9(8(11)3-6)13-7-4-12-5-7/h1-3,7,12-13H,4-5,11H2. The minimum Gasteiger partial charge on any atom is -0.397 e. The Hall–Kier alpha value is -1.29. The van der Waals surface area contributed by atoms with E-state index in [4.69, 9.17) is 5.73 Å². The van der Waals surface area contributed by atoms with Gasteiger partial charge in [0.1, 0.15) is 5.82 Å². The second-order valence-electron chi connectivity index (χ2n) is 3.23. The van der Waals surface area contributed by atoms with Gasteiger partial charge < -0.3 is 16.4 Å². The van der Waals surface area contributed by atoms with Crippen molar-refractivity contribution < 1.29 is 4.39 Å². The Kier molecular flexibility index (Phi) is 2.06. The maximum Gasteiger partial charge on any atom is 0.125 e. The van der Waals surface area contributed by atoms with Crippen molar-refractivity contribution in [2.24, 2.45) is 0 Å². The van der Waals surface area contributed by atoms with E-state index < -0.39 is 0 Å². The number of rotatable bonds is 2. The van der Waals surface area contributed by atoms with Crippen LogP contribution in [0.1, 0.15) is 0 Å². The third-order valence-corrected chi connectivity index (χ3v) is 2.15. The predicted octanol–water partition coefficient (Wildman–Crippen LogP) is 0.792. The number of hydrogen-bond acceptors (Lipinski definition) is 3. The van der Waals surface area contributed by atoms with Crippen LogP contribution in [0.15, 0.2) is 18.2 Å². The molecular formula is C9H12FN3. The predicted molar refractivity (Wildman–Crippen MR) is 51.1 cm³/mol. The summed E-state index contributed by atoms with van der Waals surface area (Å²) in [6.07, 6.45) is 0. The quantitative estimate of drug-likeness (QED) is 0.591. The van der Waals surface area contributed by atoms with Gasteiger partial charge in [-0.05, 0) is 18.2 Å². The second-order valence-corrected chi connectivity index (χ2v) is 3.23. The Labute approximate surface area is 76.1 Å². The highest BCUT2D eigenvalue weighted by Gasteiger charge is 2.16. The fraction of sp³-hybridized carbons (Fsp3) is 0.333. The summed E-state index contributed by atoms with van der Waals surface area (Å²) in [6, 6.07) is 4.83. The molecule has 4 N–H and O–H groups in total. The lowest BCUT2D eigenvalue weighted by Gasteiger charge is -2.29. The first-order valence-corrected chi connectivity index (χ1v) is 4.28. The Bertz CT molecular complexity index is 310. The molecule has 0 amide bonds. The van der Waals surface area contributed by atoms with Gasteiger partial charge in [-0.15, -0.1) is 0 Å². The fourth-order valence-corrected chi connectivity index (χ4v) is 1.28. The number of hydrogen-bond donors (Lipinski definition) is 3. The summed E-state index contributed by atoms with van der Waals surface area (Å²) in [6.45, 7) is 1.88. The molecule has 70 valence electrons. The molecule has 1 fully saturated rings. The highest BCUT2D eigenvalue weighted by atomic mass is 19.1. The first kappa shape index (κ1) is 8.31. The first-order chi connectivity index (χ1) is 6.25. The summed E-state index contributed by atoms with van der Waals surface area (Å²) in [5.41, 5.74) is 6.90. The highest BCUT2D eigenvalue weighted by Crippen LogP contribution is 2.20. The molecule has 0 spiro atoms. The lowest BCUT2D eigenvalue weighted by atomic mass is 10.1. The van der Waals surface area contributed by atoms with E-state index in [0.717, 1.165) is 18.8 Å². The molecule has 3 nitrogen and oxygen atoms in total. The topological polar surface area (TPSA) is 50.1 Å². The van der Waals surface area contributed by atoms with Crippen LogP contribution >= 0.6 is 0 Å². The molecule has 1 aromatic carbocycles. The van der Waals surface area contributed by atoms with Crippen molar-refractivity contribution in [2.75, 3.05) is 24.1 Å². The highest BCUT2D eigenvalue weighted by molar-refractivity contribution is 5.66. The lowest BCUT2D eigenvalue weighted by molar-refractivity contribution is 0.472. The van der Waals surface area contributed by atoms with Crippen molar-refractivity contribution in [2.45, 2.75) is 6.04 Å². The molecule has 13 heavy (non-hydrogen) atoms. The molecule has 4 heteroatoms. The van der Waals surface area contributed by atoms with Crippen molar-refractivity contribution in [3.63, 3.8) is 0 Å². The molecule has 0 aromatic heterocycles. The number of nitrogens with one attached hydrogen (secondary N) is 2. The van der Waals surface area contributed by atoms with Gasteiger partial charge in [0.15, 0.2) is 0 Å².